The van der Waals surface area contributed by atoms with Crippen molar-refractivity contribution in [2.24, 2.45) is 0 Å². The van der Waals surface area contributed by atoms with Gasteiger partial charge in [0.05, 0.1) is 6.10 Å². The molecular formula is C17H19ClINO. The van der Waals surface area contributed by atoms with E-state index >= 15 is 0 Å². The Labute approximate surface area is 145 Å². The average molecular weight is 416 g/mol. The largest absolute Gasteiger partial charge is 0.491 e. The molecule has 0 aliphatic carbocycles. The zero-order chi connectivity index (χ0) is 15.4. The molecule has 0 aliphatic rings. The molecule has 0 saturated carbocycles. The van der Waals surface area contributed by atoms with Crippen LogP contribution in [0.4, 0.5) is 5.69 Å². The summed E-state index contributed by atoms with van der Waals surface area (Å²) in [6, 6.07) is 14.3. The van der Waals surface area contributed by atoms with Gasteiger partial charge in [-0.2, -0.15) is 0 Å². The second-order valence-corrected chi connectivity index (χ2v) is 6.82. The van der Waals surface area contributed by atoms with Crippen molar-refractivity contribution in [3.8, 4) is 5.75 Å². The second kappa shape index (κ2) is 7.36. The lowest BCUT2D eigenvalue weighted by Crippen LogP contribution is -2.08. The predicted octanol–water partition coefficient (Wildman–Crippen LogP) is 5.90. The zero-order valence-electron chi connectivity index (χ0n) is 12.4. The van der Waals surface area contributed by atoms with Crippen molar-refractivity contribution in [3.63, 3.8) is 0 Å². The number of halogens is 2. The van der Waals surface area contributed by atoms with Gasteiger partial charge in [0.25, 0.3) is 0 Å². The molecule has 0 saturated heterocycles. The monoisotopic (exact) mass is 415 g/mol. The third kappa shape index (κ3) is 4.78. The molecule has 1 unspecified atom stereocenters. The summed E-state index contributed by atoms with van der Waals surface area (Å²) in [6.45, 7) is 6.20. The van der Waals surface area contributed by atoms with Crippen LogP contribution in [0.1, 0.15) is 32.4 Å². The molecule has 0 amide bonds. The molecule has 2 aromatic carbocycles. The van der Waals surface area contributed by atoms with Crippen LogP contribution >= 0.6 is 34.2 Å². The maximum atomic E-state index is 5.98. The normalized spacial score (nSPS) is 12.3. The number of nitrogens with one attached hydrogen (secondary N) is 1. The van der Waals surface area contributed by atoms with E-state index in [2.05, 4.69) is 47.0 Å². The van der Waals surface area contributed by atoms with Gasteiger partial charge in [-0.15, -0.1) is 0 Å². The quantitative estimate of drug-likeness (QED) is 0.613. The van der Waals surface area contributed by atoms with E-state index in [0.29, 0.717) is 0 Å². The summed E-state index contributed by atoms with van der Waals surface area (Å²) in [5.74, 6) is 0.905. The molecule has 0 bridgehead atoms. The number of hydrogen-bond acceptors (Lipinski definition) is 2. The van der Waals surface area contributed by atoms with Gasteiger partial charge in [-0.3, -0.25) is 0 Å². The maximum Gasteiger partial charge on any atom is 0.119 e. The van der Waals surface area contributed by atoms with Crippen molar-refractivity contribution in [1.29, 1.82) is 0 Å². The van der Waals surface area contributed by atoms with Crippen LogP contribution in [-0.4, -0.2) is 6.10 Å². The molecule has 2 nitrogen and oxygen atoms in total. The Balaban J connectivity index is 2.07. The summed E-state index contributed by atoms with van der Waals surface area (Å²) in [5.41, 5.74) is 2.31. The first kappa shape index (κ1) is 16.4. The Morgan fingerprint density at radius 2 is 1.71 bits per heavy atom. The summed E-state index contributed by atoms with van der Waals surface area (Å²) in [6.07, 6.45) is 0.196. The molecule has 112 valence electrons. The van der Waals surface area contributed by atoms with Gasteiger partial charge < -0.3 is 10.1 Å². The Bertz CT molecular complexity index is 598. The fourth-order valence-corrected chi connectivity index (χ4v) is 3.06. The van der Waals surface area contributed by atoms with E-state index in [4.69, 9.17) is 16.3 Å². The second-order valence-electron chi connectivity index (χ2n) is 5.23. The number of ether oxygens (including phenoxy) is 1. The molecule has 1 atom stereocenters. The lowest BCUT2D eigenvalue weighted by atomic mass is 10.1. The van der Waals surface area contributed by atoms with Gasteiger partial charge in [-0.1, -0.05) is 23.7 Å². The Morgan fingerprint density at radius 3 is 2.29 bits per heavy atom. The Hall–Kier alpha value is -0.940. The minimum Gasteiger partial charge on any atom is -0.491 e. The van der Waals surface area contributed by atoms with E-state index < -0.39 is 0 Å². The molecule has 4 heteroatoms. The number of benzene rings is 2. The standard InChI is InChI=1S/C17H19ClINO/c1-11(2)21-15-7-4-13(5-8-15)12(3)20-17-9-6-14(18)10-16(17)19/h4-12,20H,1-3H3. The number of rotatable bonds is 5. The van der Waals surface area contributed by atoms with E-state index in [-0.39, 0.29) is 12.1 Å². The van der Waals surface area contributed by atoms with Crippen LogP contribution in [0, 0.1) is 3.57 Å². The van der Waals surface area contributed by atoms with Gasteiger partial charge in [0, 0.05) is 20.3 Å². The highest BCUT2D eigenvalue weighted by Crippen LogP contribution is 2.27. The molecule has 0 heterocycles. The summed E-state index contributed by atoms with van der Waals surface area (Å²) in [5, 5.41) is 4.26. The van der Waals surface area contributed by atoms with E-state index in [1.54, 1.807) is 0 Å². The topological polar surface area (TPSA) is 21.3 Å². The molecule has 0 spiro atoms. The zero-order valence-corrected chi connectivity index (χ0v) is 15.3. The fraction of sp³-hybridized carbons (Fsp3) is 0.294. The lowest BCUT2D eigenvalue weighted by molar-refractivity contribution is 0.242. The number of anilines is 1. The van der Waals surface area contributed by atoms with Crippen LogP contribution in [0.3, 0.4) is 0 Å². The van der Waals surface area contributed by atoms with E-state index in [9.17, 15) is 0 Å². The summed E-state index contributed by atoms with van der Waals surface area (Å²) < 4.78 is 6.78. The van der Waals surface area contributed by atoms with Crippen molar-refractivity contribution in [1.82, 2.24) is 0 Å². The predicted molar refractivity (Wildman–Crippen MR) is 98.4 cm³/mol. The summed E-state index contributed by atoms with van der Waals surface area (Å²) in [7, 11) is 0. The molecule has 2 aromatic rings. The van der Waals surface area contributed by atoms with Crippen LogP contribution in [-0.2, 0) is 0 Å². The lowest BCUT2D eigenvalue weighted by Gasteiger charge is -2.18. The van der Waals surface area contributed by atoms with Crippen molar-refractivity contribution in [3.05, 3.63) is 56.6 Å². The van der Waals surface area contributed by atoms with E-state index in [1.165, 1.54) is 5.56 Å². The van der Waals surface area contributed by atoms with E-state index in [0.717, 1.165) is 20.0 Å². The highest BCUT2D eigenvalue weighted by Gasteiger charge is 2.08. The van der Waals surface area contributed by atoms with Gasteiger partial charge in [-0.25, -0.2) is 0 Å². The highest BCUT2D eigenvalue weighted by molar-refractivity contribution is 14.1. The third-order valence-corrected chi connectivity index (χ3v) is 4.18. The average Bonchev–Trinajstić information content (AvgIpc) is 2.42. The van der Waals surface area contributed by atoms with Crippen molar-refractivity contribution in [2.45, 2.75) is 32.9 Å². The van der Waals surface area contributed by atoms with E-state index in [1.807, 2.05) is 44.2 Å². The molecule has 0 fully saturated rings. The van der Waals surface area contributed by atoms with Crippen molar-refractivity contribution >= 4 is 39.9 Å². The van der Waals surface area contributed by atoms with Crippen LogP contribution in [0.15, 0.2) is 42.5 Å². The molecule has 0 aliphatic heterocycles. The molecule has 2 rings (SSSR count). The van der Waals surface area contributed by atoms with Gasteiger partial charge in [0.1, 0.15) is 5.75 Å². The third-order valence-electron chi connectivity index (χ3n) is 3.06. The van der Waals surface area contributed by atoms with Crippen molar-refractivity contribution < 1.29 is 4.74 Å². The van der Waals surface area contributed by atoms with Crippen LogP contribution < -0.4 is 10.1 Å². The molecule has 21 heavy (non-hydrogen) atoms. The van der Waals surface area contributed by atoms with Gasteiger partial charge in [0.2, 0.25) is 0 Å². The van der Waals surface area contributed by atoms with Gasteiger partial charge in [-0.05, 0) is 79.3 Å². The molecule has 0 radical (unpaired) electrons. The van der Waals surface area contributed by atoms with Gasteiger partial charge in [0.15, 0.2) is 0 Å². The Kier molecular flexibility index (Phi) is 5.76. The fourth-order valence-electron chi connectivity index (χ4n) is 2.03. The van der Waals surface area contributed by atoms with Crippen LogP contribution in [0.5, 0.6) is 5.75 Å². The van der Waals surface area contributed by atoms with Crippen LogP contribution in [0.25, 0.3) is 0 Å². The summed E-state index contributed by atoms with van der Waals surface area (Å²) >= 11 is 8.27. The minimum absolute atomic E-state index is 0.196. The van der Waals surface area contributed by atoms with Crippen molar-refractivity contribution in [2.75, 3.05) is 5.32 Å². The smallest absolute Gasteiger partial charge is 0.119 e. The Morgan fingerprint density at radius 1 is 1.05 bits per heavy atom. The maximum absolute atomic E-state index is 5.98. The SMILES string of the molecule is CC(C)Oc1ccc(C(C)Nc2ccc(Cl)cc2I)cc1. The van der Waals surface area contributed by atoms with Gasteiger partial charge >= 0.3 is 0 Å². The number of hydrogen-bond donors (Lipinski definition) is 1. The van der Waals surface area contributed by atoms with Crippen LogP contribution in [0.2, 0.25) is 5.02 Å². The first-order valence-electron chi connectivity index (χ1n) is 6.94. The summed E-state index contributed by atoms with van der Waals surface area (Å²) in [4.78, 5) is 0. The first-order chi connectivity index (χ1) is 9.95. The molecule has 1 N–H and O–H groups in total. The molecule has 0 aromatic heterocycles. The molecular weight excluding hydrogens is 397 g/mol. The minimum atomic E-state index is 0.196. The first-order valence-corrected chi connectivity index (χ1v) is 8.39. The highest BCUT2D eigenvalue weighted by atomic mass is 127.